The highest BCUT2D eigenvalue weighted by atomic mass is 19.4. The number of halogens is 4. The van der Waals surface area contributed by atoms with E-state index in [0.717, 1.165) is 10.8 Å². The number of hydrogen-bond acceptors (Lipinski definition) is 5. The lowest BCUT2D eigenvalue weighted by Crippen LogP contribution is -2.30. The maximum Gasteiger partial charge on any atom is 0.434 e. The first-order valence-electron chi connectivity index (χ1n) is 9.54. The van der Waals surface area contributed by atoms with Gasteiger partial charge in [-0.25, -0.2) is 14.4 Å². The fourth-order valence-electron chi connectivity index (χ4n) is 3.57. The molecule has 3 aromatic heterocycles. The molecule has 1 atom stereocenters. The van der Waals surface area contributed by atoms with Crippen LogP contribution in [0.15, 0.2) is 59.7 Å². The zero-order valence-electron chi connectivity index (χ0n) is 16.6. The van der Waals surface area contributed by atoms with E-state index in [0.29, 0.717) is 0 Å². The third-order valence-corrected chi connectivity index (χ3v) is 5.00. The van der Waals surface area contributed by atoms with Crippen molar-refractivity contribution in [3.05, 3.63) is 82.3 Å². The van der Waals surface area contributed by atoms with Crippen LogP contribution in [0.1, 0.15) is 24.2 Å². The second-order valence-corrected chi connectivity index (χ2v) is 7.18. The lowest BCUT2D eigenvalue weighted by molar-refractivity contribution is -0.139. The molecular weight excluding hydrogens is 428 g/mol. The van der Waals surface area contributed by atoms with E-state index >= 15 is 0 Å². The number of benzene rings is 1. The number of alkyl halides is 3. The molecule has 0 amide bonds. The molecule has 1 aromatic carbocycles. The summed E-state index contributed by atoms with van der Waals surface area (Å²) < 4.78 is 55.9. The summed E-state index contributed by atoms with van der Waals surface area (Å²) in [6.07, 6.45) is -2.64. The molecule has 0 unspecified atom stereocenters. The van der Waals surface area contributed by atoms with Gasteiger partial charge in [-0.1, -0.05) is 18.2 Å². The Kier molecular flexibility index (Phi) is 5.37. The molecule has 4 aromatic rings. The van der Waals surface area contributed by atoms with E-state index in [1.54, 1.807) is 13.0 Å². The largest absolute Gasteiger partial charge is 0.506 e. The number of fused-ring (bicyclic) bond motifs is 1. The third-order valence-electron chi connectivity index (χ3n) is 5.00. The summed E-state index contributed by atoms with van der Waals surface area (Å²) in [5.74, 6) is -0.958. The Morgan fingerprint density at radius 2 is 1.81 bits per heavy atom. The van der Waals surface area contributed by atoms with Gasteiger partial charge >= 0.3 is 6.18 Å². The van der Waals surface area contributed by atoms with E-state index in [-0.39, 0.29) is 34.8 Å². The second-order valence-electron chi connectivity index (χ2n) is 7.18. The fraction of sp³-hybridized carbons (Fsp3) is 0.182. The van der Waals surface area contributed by atoms with Crippen LogP contribution in [0.4, 0.5) is 17.6 Å². The molecule has 0 aliphatic rings. The quantitative estimate of drug-likeness (QED) is 0.468. The average molecular weight is 444 g/mol. The standard InChI is InChI=1S/C22H16F4N4O2/c1-12(11-13-5-2-3-6-14(13)23)30-20(18-16(31)7-4-9-27-18)29-15-8-10-28-19(22(24,25)26)17(15)21(30)32/h2-10,12,31H,11H2,1H3/t12-/m1/s1. The van der Waals surface area contributed by atoms with Crippen LogP contribution >= 0.6 is 0 Å². The van der Waals surface area contributed by atoms with E-state index in [9.17, 15) is 27.5 Å². The van der Waals surface area contributed by atoms with Gasteiger partial charge < -0.3 is 5.11 Å². The first-order valence-corrected chi connectivity index (χ1v) is 9.54. The van der Waals surface area contributed by atoms with Crippen LogP contribution < -0.4 is 5.56 Å². The minimum Gasteiger partial charge on any atom is -0.506 e. The molecule has 0 radical (unpaired) electrons. The Morgan fingerprint density at radius 3 is 2.50 bits per heavy atom. The molecule has 0 bridgehead atoms. The van der Waals surface area contributed by atoms with E-state index in [1.165, 1.54) is 42.6 Å². The number of aromatic nitrogens is 4. The summed E-state index contributed by atoms with van der Waals surface area (Å²) in [6, 6.07) is 9.02. The summed E-state index contributed by atoms with van der Waals surface area (Å²) in [5, 5.41) is 9.57. The predicted octanol–water partition coefficient (Wildman–Crippen LogP) is 4.52. The summed E-state index contributed by atoms with van der Waals surface area (Å²) in [4.78, 5) is 25.0. The number of aromatic hydroxyl groups is 1. The van der Waals surface area contributed by atoms with Crippen LogP contribution in [0.5, 0.6) is 5.75 Å². The van der Waals surface area contributed by atoms with Crippen LogP contribution in [0.2, 0.25) is 0 Å². The summed E-state index contributed by atoms with van der Waals surface area (Å²) in [6.45, 7) is 1.55. The summed E-state index contributed by atoms with van der Waals surface area (Å²) >= 11 is 0. The van der Waals surface area contributed by atoms with Crippen molar-refractivity contribution in [2.45, 2.75) is 25.6 Å². The molecule has 0 saturated carbocycles. The lowest BCUT2D eigenvalue weighted by Gasteiger charge is -2.21. The van der Waals surface area contributed by atoms with E-state index in [2.05, 4.69) is 15.0 Å². The molecular formula is C22H16F4N4O2. The van der Waals surface area contributed by atoms with Crippen LogP contribution in [0.3, 0.4) is 0 Å². The maximum atomic E-state index is 14.2. The van der Waals surface area contributed by atoms with Gasteiger partial charge in [0, 0.05) is 18.4 Å². The first-order chi connectivity index (χ1) is 15.2. The van der Waals surface area contributed by atoms with E-state index < -0.39 is 34.7 Å². The normalized spacial score (nSPS) is 12.8. The van der Waals surface area contributed by atoms with Crippen molar-refractivity contribution in [2.75, 3.05) is 0 Å². The molecule has 4 rings (SSSR count). The number of hydrogen-bond donors (Lipinski definition) is 1. The van der Waals surface area contributed by atoms with Crippen molar-refractivity contribution >= 4 is 10.9 Å². The number of rotatable bonds is 4. The molecule has 0 saturated heterocycles. The third kappa shape index (κ3) is 3.79. The van der Waals surface area contributed by atoms with Gasteiger partial charge in [-0.3, -0.25) is 14.3 Å². The van der Waals surface area contributed by atoms with Crippen LogP contribution in [0, 0.1) is 5.82 Å². The molecule has 0 aliphatic heterocycles. The smallest absolute Gasteiger partial charge is 0.434 e. The van der Waals surface area contributed by atoms with Crippen molar-refractivity contribution < 1.29 is 22.7 Å². The van der Waals surface area contributed by atoms with Crippen molar-refractivity contribution in [3.63, 3.8) is 0 Å². The molecule has 164 valence electrons. The van der Waals surface area contributed by atoms with E-state index in [4.69, 9.17) is 0 Å². The first kappa shape index (κ1) is 21.4. The summed E-state index contributed by atoms with van der Waals surface area (Å²) in [7, 11) is 0. The molecule has 0 spiro atoms. The SMILES string of the molecule is C[C@H](Cc1ccccc1F)n1c(-c2ncccc2O)nc2ccnc(C(F)(F)F)c2c1=O. The van der Waals surface area contributed by atoms with Crippen molar-refractivity contribution in [3.8, 4) is 17.3 Å². The van der Waals surface area contributed by atoms with Gasteiger partial charge in [0.05, 0.1) is 10.9 Å². The molecule has 0 aliphatic carbocycles. The Hall–Kier alpha value is -3.82. The van der Waals surface area contributed by atoms with Gasteiger partial charge in [0.25, 0.3) is 5.56 Å². The Bertz CT molecular complexity index is 1370. The zero-order chi connectivity index (χ0) is 23.0. The van der Waals surface area contributed by atoms with Crippen LogP contribution in [-0.2, 0) is 12.6 Å². The van der Waals surface area contributed by atoms with Gasteiger partial charge in [-0.2, -0.15) is 13.2 Å². The maximum absolute atomic E-state index is 14.2. The zero-order valence-corrected chi connectivity index (χ0v) is 16.6. The highest BCUT2D eigenvalue weighted by molar-refractivity contribution is 5.82. The van der Waals surface area contributed by atoms with Gasteiger partial charge in [0.1, 0.15) is 17.3 Å². The minimum absolute atomic E-state index is 0.0119. The molecule has 32 heavy (non-hydrogen) atoms. The summed E-state index contributed by atoms with van der Waals surface area (Å²) in [5.41, 5.74) is -2.44. The predicted molar refractivity (Wildman–Crippen MR) is 109 cm³/mol. The molecule has 3 heterocycles. The van der Waals surface area contributed by atoms with Crippen molar-refractivity contribution in [1.29, 1.82) is 0 Å². The average Bonchev–Trinajstić information content (AvgIpc) is 2.74. The lowest BCUT2D eigenvalue weighted by atomic mass is 10.1. The number of nitrogens with zero attached hydrogens (tertiary/aromatic N) is 4. The van der Waals surface area contributed by atoms with Gasteiger partial charge in [0.2, 0.25) is 0 Å². The molecule has 6 nitrogen and oxygen atoms in total. The molecule has 10 heteroatoms. The van der Waals surface area contributed by atoms with Gasteiger partial charge in [0.15, 0.2) is 11.5 Å². The van der Waals surface area contributed by atoms with E-state index in [1.807, 2.05) is 0 Å². The van der Waals surface area contributed by atoms with Crippen molar-refractivity contribution in [2.24, 2.45) is 0 Å². The van der Waals surface area contributed by atoms with Gasteiger partial charge in [-0.15, -0.1) is 0 Å². The Balaban J connectivity index is 2.03. The van der Waals surface area contributed by atoms with Crippen LogP contribution in [-0.4, -0.2) is 24.6 Å². The highest BCUT2D eigenvalue weighted by Gasteiger charge is 2.37. The minimum atomic E-state index is -4.89. The monoisotopic (exact) mass is 444 g/mol. The van der Waals surface area contributed by atoms with Crippen LogP contribution in [0.25, 0.3) is 22.4 Å². The molecule has 0 fully saturated rings. The highest BCUT2D eigenvalue weighted by Crippen LogP contribution is 2.33. The fourth-order valence-corrected chi connectivity index (χ4v) is 3.57. The number of pyridine rings is 2. The molecule has 1 N–H and O–H groups in total. The van der Waals surface area contributed by atoms with Gasteiger partial charge in [-0.05, 0) is 43.2 Å². The Labute approximate surface area is 178 Å². The second kappa shape index (κ2) is 8.03. The topological polar surface area (TPSA) is 80.9 Å². The Morgan fingerprint density at radius 1 is 1.06 bits per heavy atom. The van der Waals surface area contributed by atoms with Crippen molar-refractivity contribution in [1.82, 2.24) is 19.5 Å².